The maximum absolute atomic E-state index is 11.6. The molecular weight excluding hydrogens is 377 g/mol. The van der Waals surface area contributed by atoms with E-state index in [1.54, 1.807) is 0 Å². The highest BCUT2D eigenvalue weighted by Gasteiger charge is 2.43. The van der Waals surface area contributed by atoms with Crippen molar-refractivity contribution in [1.29, 1.82) is 0 Å². The van der Waals surface area contributed by atoms with E-state index in [9.17, 15) is 43.9 Å². The molecule has 2 unspecified atom stereocenters. The average molecular weight is 385 g/mol. The van der Waals surface area contributed by atoms with E-state index in [-0.39, 0.29) is 7.43 Å². The molecule has 0 aliphatic rings. The topological polar surface area (TPSA) is 18.5 Å². The van der Waals surface area contributed by atoms with Crippen molar-refractivity contribution in [3.8, 4) is 0 Å². The lowest BCUT2D eigenvalue weighted by atomic mass is 10.7. The van der Waals surface area contributed by atoms with Crippen LogP contribution in [0.1, 0.15) is 7.43 Å². The molecule has 2 nitrogen and oxygen atoms in total. The van der Waals surface area contributed by atoms with Gasteiger partial charge in [-0.1, -0.05) is 30.6 Å². The molecule has 0 aromatic rings. The summed E-state index contributed by atoms with van der Waals surface area (Å²) in [7, 11) is 0. The third-order valence-corrected chi connectivity index (χ3v) is 1.17. The van der Waals surface area contributed by atoms with E-state index in [2.05, 4.69) is 32.7 Å². The predicted octanol–water partition coefficient (Wildman–Crippen LogP) is 5.34. The lowest BCUT2D eigenvalue weighted by Crippen LogP contribution is -2.28. The Hall–Kier alpha value is -0.200. The molecule has 132 valence electrons. The van der Waals surface area contributed by atoms with Crippen molar-refractivity contribution in [3.63, 3.8) is 0 Å². The van der Waals surface area contributed by atoms with Crippen molar-refractivity contribution in [2.45, 2.75) is 44.1 Å². The van der Waals surface area contributed by atoms with E-state index in [4.69, 9.17) is 0 Å². The number of alkyl halides is 12. The average Bonchev–Trinajstić information content (AvgIpc) is 2.13. The molecule has 0 aromatic carbocycles. The zero-order valence-electron chi connectivity index (χ0n) is 8.66. The number of hydrogen-bond acceptors (Lipinski definition) is 2. The van der Waals surface area contributed by atoms with E-state index in [0.29, 0.717) is 0 Å². The van der Waals surface area contributed by atoms with Crippen molar-refractivity contribution >= 4 is 23.2 Å². The summed E-state index contributed by atoms with van der Waals surface area (Å²) in [4.78, 5) is 0. The molecule has 2 atom stereocenters. The Morgan fingerprint density at radius 3 is 1.05 bits per heavy atom. The summed E-state index contributed by atoms with van der Waals surface area (Å²) in [6, 6.07) is 0. The van der Waals surface area contributed by atoms with Gasteiger partial charge < -0.3 is 4.74 Å². The van der Waals surface area contributed by atoms with Gasteiger partial charge in [-0.2, -0.15) is 35.1 Å². The minimum Gasteiger partial charge on any atom is -0.307 e. The second kappa shape index (κ2) is 10.5. The number of ether oxygens (including phenoxy) is 2. The standard InChI is InChI=1S/C3H2Cl2F4O.C3H2F6O.CH4/c4-2(5)10-1(6)3(7,8)9;4-1(3(7,8)9)10-2(5)6;/h2*1-2H;1H4. The Morgan fingerprint density at radius 1 is 0.667 bits per heavy atom. The van der Waals surface area contributed by atoms with Gasteiger partial charge in [0, 0.05) is 0 Å². The van der Waals surface area contributed by atoms with Crippen LogP contribution < -0.4 is 0 Å². The molecule has 0 saturated heterocycles. The molecule has 0 N–H and O–H groups in total. The van der Waals surface area contributed by atoms with E-state index in [0.717, 1.165) is 0 Å². The van der Waals surface area contributed by atoms with Gasteiger partial charge in [0.25, 0.3) is 12.7 Å². The SMILES string of the molecule is C.FC(F)OC(F)C(F)(F)F.FC(OC(Cl)Cl)C(F)(F)F. The Morgan fingerprint density at radius 2 is 0.952 bits per heavy atom. The zero-order chi connectivity index (χ0) is 16.7. The number of halogens is 12. The van der Waals surface area contributed by atoms with Crippen LogP contribution in [-0.2, 0) is 9.47 Å². The Balaban J connectivity index is -0.000000295. The van der Waals surface area contributed by atoms with Crippen LogP contribution in [0.5, 0.6) is 0 Å². The molecule has 0 heterocycles. The van der Waals surface area contributed by atoms with Gasteiger partial charge in [0.05, 0.1) is 0 Å². The normalized spacial score (nSPS) is 15.1. The summed E-state index contributed by atoms with van der Waals surface area (Å²) in [6.07, 6.45) is -17.8. The molecule has 0 spiro atoms. The smallest absolute Gasteiger partial charge is 0.307 e. The second-order valence-corrected chi connectivity index (χ2v) is 3.52. The van der Waals surface area contributed by atoms with Crippen LogP contribution in [0.2, 0.25) is 0 Å². The molecule has 0 aliphatic carbocycles. The second-order valence-electron chi connectivity index (χ2n) is 2.51. The summed E-state index contributed by atoms with van der Waals surface area (Å²) in [5.74, 6) is 0. The number of hydrogen-bond donors (Lipinski definition) is 0. The highest BCUT2D eigenvalue weighted by molar-refractivity contribution is 6.43. The van der Waals surface area contributed by atoms with Gasteiger partial charge >= 0.3 is 19.0 Å². The molecule has 0 radical (unpaired) electrons. The zero-order valence-corrected chi connectivity index (χ0v) is 10.2. The first-order valence-electron chi connectivity index (χ1n) is 3.96. The lowest BCUT2D eigenvalue weighted by Gasteiger charge is -2.12. The molecule has 14 heteroatoms. The van der Waals surface area contributed by atoms with Gasteiger partial charge in [0.1, 0.15) is 0 Å². The fourth-order valence-corrected chi connectivity index (χ4v) is 0.516. The van der Waals surface area contributed by atoms with Crippen molar-refractivity contribution in [1.82, 2.24) is 0 Å². The highest BCUT2D eigenvalue weighted by Crippen LogP contribution is 2.26. The lowest BCUT2D eigenvalue weighted by molar-refractivity contribution is -0.312. The van der Waals surface area contributed by atoms with Crippen molar-refractivity contribution < 1.29 is 53.4 Å². The summed E-state index contributed by atoms with van der Waals surface area (Å²) in [5, 5.41) is -1.81. The molecule has 0 bridgehead atoms. The van der Waals surface area contributed by atoms with Crippen LogP contribution in [0.4, 0.5) is 43.9 Å². The number of rotatable bonds is 4. The Labute approximate surface area is 121 Å². The van der Waals surface area contributed by atoms with Crippen molar-refractivity contribution in [3.05, 3.63) is 0 Å². The van der Waals surface area contributed by atoms with Crippen LogP contribution >= 0.6 is 23.2 Å². The monoisotopic (exact) mass is 384 g/mol. The third-order valence-electron chi connectivity index (χ3n) is 0.959. The van der Waals surface area contributed by atoms with E-state index in [1.165, 1.54) is 0 Å². The summed E-state index contributed by atoms with van der Waals surface area (Å²) < 4.78 is 117. The first-order chi connectivity index (χ1) is 8.67. The van der Waals surface area contributed by atoms with Crippen LogP contribution in [-0.4, -0.2) is 36.7 Å². The molecule has 0 saturated carbocycles. The van der Waals surface area contributed by atoms with Gasteiger partial charge in [-0.15, -0.1) is 0 Å². The molecule has 0 amide bonds. The van der Waals surface area contributed by atoms with Gasteiger partial charge in [0.2, 0.25) is 5.02 Å². The minimum absolute atomic E-state index is 0. The molecular formula is C7H8Cl2F10O2. The summed E-state index contributed by atoms with van der Waals surface area (Å²) in [5.41, 5.74) is 0. The van der Waals surface area contributed by atoms with Crippen LogP contribution in [0.15, 0.2) is 0 Å². The van der Waals surface area contributed by atoms with Gasteiger partial charge in [-0.25, -0.2) is 8.78 Å². The largest absolute Gasteiger partial charge is 0.445 e. The maximum Gasteiger partial charge on any atom is 0.445 e. The Kier molecular flexibility index (Phi) is 12.9. The Bertz CT molecular complexity index is 231. The van der Waals surface area contributed by atoms with Crippen molar-refractivity contribution in [2.75, 3.05) is 0 Å². The fourth-order valence-electron chi connectivity index (χ4n) is 0.335. The van der Waals surface area contributed by atoms with E-state index >= 15 is 0 Å². The summed E-state index contributed by atoms with van der Waals surface area (Å²) in [6.45, 7) is -3.75. The fraction of sp³-hybridized carbons (Fsp3) is 1.00. The third kappa shape index (κ3) is 16.0. The van der Waals surface area contributed by atoms with Gasteiger partial charge in [0.15, 0.2) is 0 Å². The van der Waals surface area contributed by atoms with Crippen LogP contribution in [0.3, 0.4) is 0 Å². The maximum atomic E-state index is 11.6. The van der Waals surface area contributed by atoms with Crippen molar-refractivity contribution in [2.24, 2.45) is 0 Å². The van der Waals surface area contributed by atoms with Gasteiger partial charge in [-0.05, 0) is 0 Å². The quantitative estimate of drug-likeness (QED) is 0.481. The minimum atomic E-state index is -5.38. The highest BCUT2D eigenvalue weighted by atomic mass is 35.5. The first kappa shape index (κ1) is 25.7. The first-order valence-corrected chi connectivity index (χ1v) is 4.84. The molecule has 0 aliphatic heterocycles. The van der Waals surface area contributed by atoms with E-state index in [1.807, 2.05) is 0 Å². The predicted molar refractivity (Wildman–Crippen MR) is 52.3 cm³/mol. The molecule has 21 heavy (non-hydrogen) atoms. The molecule has 0 fully saturated rings. The molecule has 0 aromatic heterocycles. The van der Waals surface area contributed by atoms with Gasteiger partial charge in [-0.3, -0.25) is 4.74 Å². The summed E-state index contributed by atoms with van der Waals surface area (Å²) >= 11 is 9.36. The van der Waals surface area contributed by atoms with E-state index < -0.39 is 36.7 Å². The molecule has 0 rings (SSSR count). The van der Waals surface area contributed by atoms with Crippen LogP contribution in [0.25, 0.3) is 0 Å². The van der Waals surface area contributed by atoms with Crippen LogP contribution in [0, 0.1) is 0 Å².